The lowest BCUT2D eigenvalue weighted by Crippen LogP contribution is -2.15. The Morgan fingerprint density at radius 2 is 1.63 bits per heavy atom. The number of phenolic OH excluding ortho intramolecular Hbond substituents is 1. The lowest BCUT2D eigenvalue weighted by Gasteiger charge is -2.18. The first-order valence-corrected chi connectivity index (χ1v) is 9.16. The van der Waals surface area contributed by atoms with Gasteiger partial charge in [-0.25, -0.2) is 0 Å². The molecule has 3 aromatic rings. The van der Waals surface area contributed by atoms with Gasteiger partial charge in [0.25, 0.3) is 0 Å². The minimum absolute atomic E-state index is 0.0217. The molecule has 0 spiro atoms. The maximum absolute atomic E-state index is 11.7. The van der Waals surface area contributed by atoms with Gasteiger partial charge < -0.3 is 14.8 Å². The molecule has 4 nitrogen and oxygen atoms in total. The lowest BCUT2D eigenvalue weighted by molar-refractivity contribution is -0.136. The quantitative estimate of drug-likeness (QED) is 0.706. The van der Waals surface area contributed by atoms with Crippen molar-refractivity contribution < 1.29 is 15.0 Å². The van der Waals surface area contributed by atoms with Crippen LogP contribution < -0.4 is 0 Å². The van der Waals surface area contributed by atoms with Crippen molar-refractivity contribution in [1.29, 1.82) is 0 Å². The number of phenols is 1. The van der Waals surface area contributed by atoms with Gasteiger partial charge in [0, 0.05) is 29.1 Å². The fourth-order valence-electron chi connectivity index (χ4n) is 4.22. The molecule has 2 N–H and O–H groups in total. The average Bonchev–Trinajstić information content (AvgIpc) is 3.07. The molecule has 2 heterocycles. The van der Waals surface area contributed by atoms with E-state index in [0.717, 1.165) is 40.9 Å². The number of carbonyl (C=O) groups is 1. The fourth-order valence-corrected chi connectivity index (χ4v) is 4.22. The summed E-state index contributed by atoms with van der Waals surface area (Å²) < 4.78 is 2.21. The molecule has 4 rings (SSSR count). The molecule has 1 aromatic heterocycles. The fraction of sp³-hybridized carbons (Fsp3) is 0.261. The zero-order chi connectivity index (χ0) is 19.2. The molecule has 138 valence electrons. The maximum atomic E-state index is 11.7. The molecule has 27 heavy (non-hydrogen) atoms. The average molecular weight is 361 g/mol. The van der Waals surface area contributed by atoms with Gasteiger partial charge in [0.05, 0.1) is 6.42 Å². The molecule has 0 bridgehead atoms. The van der Waals surface area contributed by atoms with E-state index >= 15 is 0 Å². The third-order valence-electron chi connectivity index (χ3n) is 5.25. The van der Waals surface area contributed by atoms with E-state index in [2.05, 4.69) is 30.5 Å². The van der Waals surface area contributed by atoms with Crippen molar-refractivity contribution in [3.05, 3.63) is 66.0 Å². The Kier molecular flexibility index (Phi) is 4.06. The number of benzene rings is 2. The number of aromatic hydroxyl groups is 1. The number of hydrogen-bond acceptors (Lipinski definition) is 2. The zero-order valence-electron chi connectivity index (χ0n) is 15.6. The molecule has 1 aliphatic heterocycles. The van der Waals surface area contributed by atoms with Crippen LogP contribution in [-0.2, 0) is 24.2 Å². The predicted molar refractivity (Wildman–Crippen MR) is 106 cm³/mol. The highest BCUT2D eigenvalue weighted by Crippen LogP contribution is 2.47. The minimum Gasteiger partial charge on any atom is -0.508 e. The van der Waals surface area contributed by atoms with E-state index in [-0.39, 0.29) is 17.6 Å². The smallest absolute Gasteiger partial charge is 0.309 e. The Morgan fingerprint density at radius 3 is 2.26 bits per heavy atom. The summed E-state index contributed by atoms with van der Waals surface area (Å²) in [5.74, 6) is -0.632. The number of hydrogen-bond donors (Lipinski definition) is 2. The van der Waals surface area contributed by atoms with Crippen LogP contribution in [-0.4, -0.2) is 20.7 Å². The summed E-state index contributed by atoms with van der Waals surface area (Å²) in [7, 11) is 0. The third kappa shape index (κ3) is 3.12. The monoisotopic (exact) mass is 361 g/mol. The molecule has 0 saturated heterocycles. The molecule has 4 heteroatoms. The SMILES string of the molecule is CC1(C)Cc2c(-c3ccccc3)c(-c3ccc(O)cc3)c(CC(=O)O)n2C1. The number of fused-ring (bicyclic) bond motifs is 1. The van der Waals surface area contributed by atoms with Gasteiger partial charge in [-0.2, -0.15) is 0 Å². The summed E-state index contributed by atoms with van der Waals surface area (Å²) in [6.45, 7) is 5.25. The lowest BCUT2D eigenvalue weighted by atomic mass is 9.86. The number of carboxylic acids is 1. The van der Waals surface area contributed by atoms with Gasteiger partial charge in [0.1, 0.15) is 5.75 Å². The molecule has 0 amide bonds. The van der Waals surface area contributed by atoms with Crippen LogP contribution in [0.4, 0.5) is 0 Å². The van der Waals surface area contributed by atoms with Crippen molar-refractivity contribution in [1.82, 2.24) is 4.57 Å². The Morgan fingerprint density at radius 1 is 1.00 bits per heavy atom. The van der Waals surface area contributed by atoms with Crippen molar-refractivity contribution in [3.63, 3.8) is 0 Å². The van der Waals surface area contributed by atoms with Gasteiger partial charge in [-0.3, -0.25) is 4.79 Å². The predicted octanol–water partition coefficient (Wildman–Crippen LogP) is 4.74. The van der Waals surface area contributed by atoms with E-state index in [1.807, 2.05) is 30.3 Å². The van der Waals surface area contributed by atoms with E-state index in [4.69, 9.17) is 0 Å². The Bertz CT molecular complexity index is 998. The third-order valence-corrected chi connectivity index (χ3v) is 5.25. The molecule has 0 atom stereocenters. The van der Waals surface area contributed by atoms with Gasteiger partial charge in [-0.05, 0) is 35.1 Å². The first-order chi connectivity index (χ1) is 12.9. The summed E-state index contributed by atoms with van der Waals surface area (Å²) >= 11 is 0. The Balaban J connectivity index is 2.03. The van der Waals surface area contributed by atoms with Gasteiger partial charge in [0.15, 0.2) is 0 Å². The Labute approximate surface area is 158 Å². The first-order valence-electron chi connectivity index (χ1n) is 9.16. The summed E-state index contributed by atoms with van der Waals surface area (Å²) in [4.78, 5) is 11.7. The number of rotatable bonds is 4. The highest BCUT2D eigenvalue weighted by Gasteiger charge is 2.36. The summed E-state index contributed by atoms with van der Waals surface area (Å²) in [5.41, 5.74) is 6.25. The van der Waals surface area contributed by atoms with Gasteiger partial charge in [-0.15, -0.1) is 0 Å². The number of carboxylic acid groups (broad SMARTS) is 1. The second-order valence-electron chi connectivity index (χ2n) is 8.05. The van der Waals surface area contributed by atoms with Crippen molar-refractivity contribution >= 4 is 5.97 Å². The van der Waals surface area contributed by atoms with E-state index in [9.17, 15) is 15.0 Å². The van der Waals surface area contributed by atoms with Crippen LogP contribution in [0.25, 0.3) is 22.3 Å². The first kappa shape index (κ1) is 17.4. The molecule has 0 fully saturated rings. The van der Waals surface area contributed by atoms with E-state index in [1.54, 1.807) is 12.1 Å². The van der Waals surface area contributed by atoms with Crippen LogP contribution in [0.2, 0.25) is 0 Å². The van der Waals surface area contributed by atoms with E-state index in [1.165, 1.54) is 5.69 Å². The molecule has 0 saturated carbocycles. The van der Waals surface area contributed by atoms with Gasteiger partial charge in [-0.1, -0.05) is 56.3 Å². The van der Waals surface area contributed by atoms with Crippen LogP contribution in [0.3, 0.4) is 0 Å². The van der Waals surface area contributed by atoms with Crippen LogP contribution in [0, 0.1) is 5.41 Å². The van der Waals surface area contributed by atoms with Crippen molar-refractivity contribution in [3.8, 4) is 28.0 Å². The van der Waals surface area contributed by atoms with Gasteiger partial charge >= 0.3 is 5.97 Å². The van der Waals surface area contributed by atoms with Crippen molar-refractivity contribution in [2.75, 3.05) is 0 Å². The largest absolute Gasteiger partial charge is 0.508 e. The van der Waals surface area contributed by atoms with Crippen LogP contribution in [0.1, 0.15) is 25.2 Å². The molecular weight excluding hydrogens is 338 g/mol. The molecule has 0 radical (unpaired) electrons. The van der Waals surface area contributed by atoms with Crippen LogP contribution in [0.5, 0.6) is 5.75 Å². The molecule has 0 aliphatic carbocycles. The topological polar surface area (TPSA) is 62.5 Å². The second-order valence-corrected chi connectivity index (χ2v) is 8.05. The molecular formula is C23H23NO3. The molecule has 0 unspecified atom stereocenters. The standard InChI is InChI=1S/C23H23NO3/c1-23(2)13-19-22(15-6-4-3-5-7-15)21(16-8-10-17(25)11-9-16)18(12-20(26)27)24(19)14-23/h3-11,25H,12-14H2,1-2H3,(H,26,27). The van der Waals surface area contributed by atoms with Crippen molar-refractivity contribution in [2.45, 2.75) is 33.2 Å². The second kappa shape index (κ2) is 6.31. The van der Waals surface area contributed by atoms with Crippen LogP contribution >= 0.6 is 0 Å². The summed E-state index contributed by atoms with van der Waals surface area (Å²) in [5, 5.41) is 19.3. The highest BCUT2D eigenvalue weighted by molar-refractivity contribution is 5.90. The Hall–Kier alpha value is -3.01. The molecule has 2 aromatic carbocycles. The normalized spacial score (nSPS) is 14.9. The van der Waals surface area contributed by atoms with E-state index < -0.39 is 5.97 Å². The number of aliphatic carboxylic acids is 1. The minimum atomic E-state index is -0.834. The van der Waals surface area contributed by atoms with Crippen molar-refractivity contribution in [2.24, 2.45) is 5.41 Å². The molecule has 1 aliphatic rings. The zero-order valence-corrected chi connectivity index (χ0v) is 15.6. The summed E-state index contributed by atoms with van der Waals surface area (Å²) in [6.07, 6.45) is 0.883. The maximum Gasteiger partial charge on any atom is 0.309 e. The highest BCUT2D eigenvalue weighted by atomic mass is 16.4. The van der Waals surface area contributed by atoms with E-state index in [0.29, 0.717) is 0 Å². The number of nitrogens with zero attached hydrogens (tertiary/aromatic N) is 1. The number of aromatic nitrogens is 1. The van der Waals surface area contributed by atoms with Crippen LogP contribution in [0.15, 0.2) is 54.6 Å². The summed E-state index contributed by atoms with van der Waals surface area (Å²) in [6, 6.07) is 17.2. The van der Waals surface area contributed by atoms with Gasteiger partial charge in [0.2, 0.25) is 0 Å².